The van der Waals surface area contributed by atoms with E-state index in [2.05, 4.69) is 10.4 Å². The van der Waals surface area contributed by atoms with E-state index in [1.807, 2.05) is 36.4 Å². The van der Waals surface area contributed by atoms with Crippen molar-refractivity contribution in [2.75, 3.05) is 10.2 Å². The first kappa shape index (κ1) is 21.8. The van der Waals surface area contributed by atoms with Crippen LogP contribution in [-0.2, 0) is 6.54 Å². The van der Waals surface area contributed by atoms with Crippen LogP contribution in [0.1, 0.15) is 40.3 Å². The van der Waals surface area contributed by atoms with Gasteiger partial charge in [0, 0.05) is 18.2 Å². The van der Waals surface area contributed by atoms with Gasteiger partial charge in [-0.25, -0.2) is 4.68 Å². The third-order valence-electron chi connectivity index (χ3n) is 5.79. The standard InChI is InChI=1S/C25H21F3N4O2/c26-25(27,28)22-14-19(21-12-7-13-34-21)29-23-15-20(30-32(22)23)24(33)31(18-10-5-2-6-11-18)16-17-8-3-1-4-9-17/h1-13,15,19,22,29H,14,16H2/t19-,22-/m1/s1. The molecule has 4 aromatic rings. The molecule has 34 heavy (non-hydrogen) atoms. The number of carbonyl (C=O) groups is 1. The lowest BCUT2D eigenvalue weighted by molar-refractivity contribution is -0.174. The molecule has 2 aromatic heterocycles. The number of hydrogen-bond donors (Lipinski definition) is 1. The van der Waals surface area contributed by atoms with Crippen molar-refractivity contribution in [3.05, 3.63) is 102 Å². The van der Waals surface area contributed by atoms with E-state index in [1.54, 1.807) is 36.4 Å². The van der Waals surface area contributed by atoms with Gasteiger partial charge in [0.05, 0.1) is 18.8 Å². The second-order valence-electron chi connectivity index (χ2n) is 8.08. The van der Waals surface area contributed by atoms with Crippen molar-refractivity contribution >= 4 is 17.4 Å². The molecule has 0 spiro atoms. The molecule has 0 saturated carbocycles. The van der Waals surface area contributed by atoms with Crippen molar-refractivity contribution < 1.29 is 22.4 Å². The Morgan fingerprint density at radius 1 is 1.06 bits per heavy atom. The van der Waals surface area contributed by atoms with Gasteiger partial charge in [0.15, 0.2) is 11.7 Å². The lowest BCUT2D eigenvalue weighted by Crippen LogP contribution is -2.36. The molecular formula is C25H21F3N4O2. The molecule has 0 saturated heterocycles. The monoisotopic (exact) mass is 466 g/mol. The van der Waals surface area contributed by atoms with Crippen molar-refractivity contribution in [3.8, 4) is 0 Å². The number of para-hydroxylation sites is 1. The van der Waals surface area contributed by atoms with E-state index in [9.17, 15) is 18.0 Å². The second kappa shape index (κ2) is 8.74. The number of furan rings is 1. The highest BCUT2D eigenvalue weighted by Gasteiger charge is 2.47. The molecule has 2 aromatic carbocycles. The van der Waals surface area contributed by atoms with Gasteiger partial charge in [-0.15, -0.1) is 0 Å². The van der Waals surface area contributed by atoms with Gasteiger partial charge in [-0.05, 0) is 29.8 Å². The van der Waals surface area contributed by atoms with E-state index in [-0.39, 0.29) is 24.5 Å². The van der Waals surface area contributed by atoms with Crippen LogP contribution in [0.5, 0.6) is 0 Å². The predicted molar refractivity (Wildman–Crippen MR) is 120 cm³/mol. The molecule has 5 rings (SSSR count). The Morgan fingerprint density at radius 2 is 1.76 bits per heavy atom. The minimum Gasteiger partial charge on any atom is -0.467 e. The number of fused-ring (bicyclic) bond motifs is 1. The molecular weight excluding hydrogens is 445 g/mol. The lowest BCUT2D eigenvalue weighted by Gasteiger charge is -2.32. The largest absolute Gasteiger partial charge is 0.467 e. The van der Waals surface area contributed by atoms with Crippen molar-refractivity contribution in [1.82, 2.24) is 9.78 Å². The molecule has 1 N–H and O–H groups in total. The zero-order valence-corrected chi connectivity index (χ0v) is 17.9. The summed E-state index contributed by atoms with van der Waals surface area (Å²) in [6.07, 6.45) is -3.43. The Balaban J connectivity index is 1.51. The van der Waals surface area contributed by atoms with Crippen molar-refractivity contribution in [1.29, 1.82) is 0 Å². The maximum atomic E-state index is 13.9. The van der Waals surface area contributed by atoms with E-state index >= 15 is 0 Å². The first-order valence-corrected chi connectivity index (χ1v) is 10.8. The van der Waals surface area contributed by atoms with E-state index in [0.717, 1.165) is 10.2 Å². The molecule has 2 atom stereocenters. The van der Waals surface area contributed by atoms with Crippen LogP contribution in [0, 0.1) is 0 Å². The first-order chi connectivity index (χ1) is 16.4. The van der Waals surface area contributed by atoms with Gasteiger partial charge in [0.2, 0.25) is 0 Å². The van der Waals surface area contributed by atoms with E-state index in [4.69, 9.17) is 4.42 Å². The highest BCUT2D eigenvalue weighted by molar-refractivity contribution is 6.05. The zero-order chi connectivity index (χ0) is 23.7. The number of hydrogen-bond acceptors (Lipinski definition) is 4. The number of amides is 1. The Bertz CT molecular complexity index is 1250. The summed E-state index contributed by atoms with van der Waals surface area (Å²) in [6.45, 7) is 0.247. The second-order valence-corrected chi connectivity index (χ2v) is 8.08. The van der Waals surface area contributed by atoms with Gasteiger partial charge in [0.1, 0.15) is 11.6 Å². The number of nitrogens with one attached hydrogen (secondary N) is 1. The number of carbonyl (C=O) groups excluding carboxylic acids is 1. The molecule has 1 aliphatic heterocycles. The van der Waals surface area contributed by atoms with E-state index in [1.165, 1.54) is 17.2 Å². The summed E-state index contributed by atoms with van der Waals surface area (Å²) in [5, 5.41) is 7.16. The van der Waals surface area contributed by atoms with Gasteiger partial charge >= 0.3 is 6.18 Å². The molecule has 9 heteroatoms. The van der Waals surface area contributed by atoms with Crippen LogP contribution in [0.15, 0.2) is 89.5 Å². The molecule has 6 nitrogen and oxygen atoms in total. The summed E-state index contributed by atoms with van der Waals surface area (Å²) >= 11 is 0. The summed E-state index contributed by atoms with van der Waals surface area (Å²) in [4.78, 5) is 15.1. The summed E-state index contributed by atoms with van der Waals surface area (Å²) in [6, 6.07) is 20.4. The summed E-state index contributed by atoms with van der Waals surface area (Å²) < 4.78 is 48.0. The highest BCUT2D eigenvalue weighted by atomic mass is 19.4. The number of alkyl halides is 3. The van der Waals surface area contributed by atoms with Crippen molar-refractivity contribution in [2.24, 2.45) is 0 Å². The van der Waals surface area contributed by atoms with Gasteiger partial charge < -0.3 is 14.6 Å². The van der Waals surface area contributed by atoms with Crippen molar-refractivity contribution in [3.63, 3.8) is 0 Å². The van der Waals surface area contributed by atoms with Crippen LogP contribution in [-0.4, -0.2) is 21.9 Å². The fourth-order valence-electron chi connectivity index (χ4n) is 4.15. The number of rotatable bonds is 5. The minimum atomic E-state index is -4.54. The normalized spacial score (nSPS) is 17.6. The Kier molecular flexibility index (Phi) is 5.61. The van der Waals surface area contributed by atoms with Crippen LogP contribution in [0.25, 0.3) is 0 Å². The predicted octanol–water partition coefficient (Wildman–Crippen LogP) is 5.98. The molecule has 0 fully saturated rings. The zero-order valence-electron chi connectivity index (χ0n) is 17.9. The maximum absolute atomic E-state index is 13.9. The smallest absolute Gasteiger partial charge is 0.410 e. The molecule has 174 valence electrons. The van der Waals surface area contributed by atoms with E-state index in [0.29, 0.717) is 11.4 Å². The number of aromatic nitrogens is 2. The summed E-state index contributed by atoms with van der Waals surface area (Å²) in [5.74, 6) is 0.0184. The fourth-order valence-corrected chi connectivity index (χ4v) is 4.15. The Labute approximate surface area is 193 Å². The van der Waals surface area contributed by atoms with Crippen LogP contribution in [0.4, 0.5) is 24.7 Å². The molecule has 3 heterocycles. The van der Waals surface area contributed by atoms with Gasteiger partial charge in [-0.2, -0.15) is 18.3 Å². The first-order valence-electron chi connectivity index (χ1n) is 10.8. The highest BCUT2D eigenvalue weighted by Crippen LogP contribution is 2.43. The Hall–Kier alpha value is -4.01. The van der Waals surface area contributed by atoms with Crippen LogP contribution in [0.3, 0.4) is 0 Å². The quantitative estimate of drug-likeness (QED) is 0.393. The lowest BCUT2D eigenvalue weighted by atomic mass is 10.0. The average molecular weight is 466 g/mol. The maximum Gasteiger partial charge on any atom is 0.410 e. The van der Waals surface area contributed by atoms with Gasteiger partial charge in [-0.1, -0.05) is 48.5 Å². The molecule has 0 radical (unpaired) electrons. The van der Waals surface area contributed by atoms with Crippen molar-refractivity contribution in [2.45, 2.75) is 31.2 Å². The molecule has 1 amide bonds. The number of nitrogens with zero attached hydrogens (tertiary/aromatic N) is 3. The average Bonchev–Trinajstić information content (AvgIpc) is 3.52. The minimum absolute atomic E-state index is 0.0726. The molecule has 0 aliphatic carbocycles. The van der Waals surface area contributed by atoms with Gasteiger partial charge in [0.25, 0.3) is 5.91 Å². The number of anilines is 2. The topological polar surface area (TPSA) is 63.3 Å². The number of benzene rings is 2. The fraction of sp³-hybridized carbons (Fsp3) is 0.200. The summed E-state index contributed by atoms with van der Waals surface area (Å²) in [5.41, 5.74) is 1.43. The number of halogens is 3. The Morgan fingerprint density at radius 3 is 2.41 bits per heavy atom. The van der Waals surface area contributed by atoms with E-state index < -0.39 is 24.2 Å². The SMILES string of the molecule is O=C(c1cc2n(n1)[C@@H](C(F)(F)F)C[C@H](c1ccco1)N2)N(Cc1ccccc1)c1ccccc1. The van der Waals surface area contributed by atoms with Crippen LogP contribution >= 0.6 is 0 Å². The van der Waals surface area contributed by atoms with Gasteiger partial charge in [-0.3, -0.25) is 4.79 Å². The summed E-state index contributed by atoms with van der Waals surface area (Å²) in [7, 11) is 0. The molecule has 1 aliphatic rings. The third-order valence-corrected chi connectivity index (χ3v) is 5.79. The van der Waals surface area contributed by atoms with Crippen LogP contribution < -0.4 is 10.2 Å². The molecule has 0 bridgehead atoms. The molecule has 0 unspecified atom stereocenters. The third kappa shape index (κ3) is 4.28. The van der Waals surface area contributed by atoms with Crippen LogP contribution in [0.2, 0.25) is 0 Å².